The summed E-state index contributed by atoms with van der Waals surface area (Å²) in [4.78, 5) is 12.1. The normalized spacial score (nSPS) is 12.5. The molecule has 1 nitrogen and oxygen atoms in total. The lowest BCUT2D eigenvalue weighted by molar-refractivity contribution is 0.108. The van der Waals surface area contributed by atoms with E-state index >= 15 is 0 Å². The number of carbonyl (C=O) groups is 1. The van der Waals surface area contributed by atoms with Gasteiger partial charge in [0.15, 0.2) is 0 Å². The lowest BCUT2D eigenvalue weighted by Gasteiger charge is -2.07. The number of thioether (sulfide) groups is 1. The monoisotopic (exact) mass is 226 g/mol. The predicted molar refractivity (Wildman–Crippen MR) is 66.9 cm³/mol. The maximum atomic E-state index is 11.8. The minimum Gasteiger partial charge on any atom is -0.282 e. The molecule has 0 saturated carbocycles. The second-order valence-electron chi connectivity index (χ2n) is 3.12. The first-order chi connectivity index (χ1) is 6.65. The molecule has 0 saturated heterocycles. The fraction of sp³-hybridized carbons (Fsp3) is 0.364. The van der Waals surface area contributed by atoms with Crippen LogP contribution in [-0.4, -0.2) is 10.1 Å². The van der Waals surface area contributed by atoms with Crippen molar-refractivity contribution >= 4 is 26.1 Å². The minimum atomic E-state index is 0.171. The first-order valence-electron chi connectivity index (χ1n) is 4.69. The molecule has 0 spiro atoms. The van der Waals surface area contributed by atoms with Crippen molar-refractivity contribution < 1.29 is 4.79 Å². The first kappa shape index (κ1) is 11.7. The van der Waals surface area contributed by atoms with Crippen molar-refractivity contribution in [2.45, 2.75) is 25.3 Å². The average molecular weight is 226 g/mol. The highest BCUT2D eigenvalue weighted by Crippen LogP contribution is 2.23. The summed E-state index contributed by atoms with van der Waals surface area (Å²) < 4.78 is 0. The van der Waals surface area contributed by atoms with Crippen LogP contribution < -0.4 is 0 Å². The quantitative estimate of drug-likeness (QED) is 0.735. The summed E-state index contributed by atoms with van der Waals surface area (Å²) in [5.41, 5.74) is 1.99. The van der Waals surface area contributed by atoms with Crippen LogP contribution in [0, 0.1) is 0 Å². The molecular formula is C11H15OPS. The van der Waals surface area contributed by atoms with E-state index in [0.717, 1.165) is 17.5 Å². The van der Waals surface area contributed by atoms with Gasteiger partial charge in [0.1, 0.15) is 0 Å². The highest BCUT2D eigenvalue weighted by molar-refractivity contribution is 8.17. The van der Waals surface area contributed by atoms with Gasteiger partial charge in [0.25, 0.3) is 0 Å². The van der Waals surface area contributed by atoms with E-state index in [9.17, 15) is 4.79 Å². The van der Waals surface area contributed by atoms with Gasteiger partial charge in [-0.3, -0.25) is 4.79 Å². The van der Waals surface area contributed by atoms with Crippen molar-refractivity contribution in [3.63, 3.8) is 0 Å². The summed E-state index contributed by atoms with van der Waals surface area (Å²) >= 11 is 1.36. The Bertz CT molecular complexity index is 323. The van der Waals surface area contributed by atoms with Gasteiger partial charge in [-0.2, -0.15) is 0 Å². The second kappa shape index (κ2) is 5.53. The average Bonchev–Trinajstić information content (AvgIpc) is 2.16. The van der Waals surface area contributed by atoms with Crippen molar-refractivity contribution in [1.29, 1.82) is 0 Å². The van der Waals surface area contributed by atoms with E-state index in [0.29, 0.717) is 0 Å². The van der Waals surface area contributed by atoms with Crippen LogP contribution in [0.4, 0.5) is 0 Å². The lowest BCUT2D eigenvalue weighted by Crippen LogP contribution is -2.01. The number of rotatable bonds is 3. The van der Waals surface area contributed by atoms with Crippen LogP contribution in [0.15, 0.2) is 24.3 Å². The molecule has 0 aliphatic rings. The molecule has 0 aliphatic carbocycles. The zero-order valence-electron chi connectivity index (χ0n) is 8.49. The molecule has 0 fully saturated rings. The van der Waals surface area contributed by atoms with Crippen molar-refractivity contribution in [1.82, 2.24) is 0 Å². The second-order valence-corrected chi connectivity index (χ2v) is 5.95. The van der Waals surface area contributed by atoms with Gasteiger partial charge < -0.3 is 0 Å². The van der Waals surface area contributed by atoms with Crippen LogP contribution in [-0.2, 0) is 6.42 Å². The molecule has 1 aromatic rings. The van der Waals surface area contributed by atoms with Crippen LogP contribution in [0.1, 0.15) is 29.8 Å². The Morgan fingerprint density at radius 3 is 2.71 bits per heavy atom. The zero-order chi connectivity index (χ0) is 10.6. The van der Waals surface area contributed by atoms with Gasteiger partial charge in [0.2, 0.25) is 5.12 Å². The molecule has 0 heterocycles. The molecule has 2 unspecified atom stereocenters. The van der Waals surface area contributed by atoms with Gasteiger partial charge >= 0.3 is 0 Å². The molecule has 0 bridgehead atoms. The SMILES string of the molecule is CCc1ccccc1C(=O)SC(C)P. The van der Waals surface area contributed by atoms with Crippen LogP contribution in [0.5, 0.6) is 0 Å². The molecule has 0 radical (unpaired) electrons. The Morgan fingerprint density at radius 2 is 2.14 bits per heavy atom. The molecule has 0 N–H and O–H groups in total. The van der Waals surface area contributed by atoms with Gasteiger partial charge in [0, 0.05) is 10.6 Å². The molecule has 2 atom stereocenters. The van der Waals surface area contributed by atoms with E-state index in [1.807, 2.05) is 31.2 Å². The summed E-state index contributed by atoms with van der Waals surface area (Å²) in [5.74, 6) is 0. The molecule has 0 aromatic heterocycles. The van der Waals surface area contributed by atoms with E-state index in [2.05, 4.69) is 16.2 Å². The van der Waals surface area contributed by atoms with E-state index in [1.54, 1.807) is 0 Å². The topological polar surface area (TPSA) is 17.1 Å². The first-order valence-corrected chi connectivity index (χ1v) is 6.24. The maximum absolute atomic E-state index is 11.8. The smallest absolute Gasteiger partial charge is 0.220 e. The fourth-order valence-electron chi connectivity index (χ4n) is 1.26. The minimum absolute atomic E-state index is 0.171. The predicted octanol–water partition coefficient (Wildman–Crippen LogP) is 3.34. The zero-order valence-corrected chi connectivity index (χ0v) is 10.5. The van der Waals surface area contributed by atoms with Gasteiger partial charge in [-0.05, 0) is 18.9 Å². The molecule has 3 heteroatoms. The van der Waals surface area contributed by atoms with Gasteiger partial charge in [-0.25, -0.2) is 0 Å². The summed E-state index contributed by atoms with van der Waals surface area (Å²) in [6.07, 6.45) is 0.910. The van der Waals surface area contributed by atoms with Gasteiger partial charge in [-0.1, -0.05) is 43.0 Å². The molecule has 1 aromatic carbocycles. The van der Waals surface area contributed by atoms with E-state index in [4.69, 9.17) is 0 Å². The highest BCUT2D eigenvalue weighted by atomic mass is 32.2. The van der Waals surface area contributed by atoms with E-state index in [-0.39, 0.29) is 10.1 Å². The van der Waals surface area contributed by atoms with Crippen LogP contribution in [0.2, 0.25) is 0 Å². The third kappa shape index (κ3) is 3.11. The summed E-state index contributed by atoms with van der Waals surface area (Å²) in [5, 5.41) is 0.171. The third-order valence-corrected chi connectivity index (χ3v) is 3.13. The molecule has 14 heavy (non-hydrogen) atoms. The largest absolute Gasteiger partial charge is 0.282 e. The molecule has 0 aliphatic heterocycles. The Labute approximate surface area is 91.9 Å². The summed E-state index contributed by atoms with van der Waals surface area (Å²) in [6, 6.07) is 7.81. The van der Waals surface area contributed by atoms with Crippen LogP contribution >= 0.6 is 21.0 Å². The van der Waals surface area contributed by atoms with Crippen LogP contribution in [0.3, 0.4) is 0 Å². The van der Waals surface area contributed by atoms with Crippen molar-refractivity contribution in [2.75, 3.05) is 0 Å². The fourth-order valence-corrected chi connectivity index (χ4v) is 2.29. The standard InChI is InChI=1S/C11H15OPS/c1-3-9-6-4-5-7-10(9)11(12)14-8(2)13/h4-8H,3,13H2,1-2H3. The van der Waals surface area contributed by atoms with E-state index < -0.39 is 0 Å². The number of carbonyl (C=O) groups excluding carboxylic acids is 1. The van der Waals surface area contributed by atoms with Crippen molar-refractivity contribution in [3.05, 3.63) is 35.4 Å². The Hall–Kier alpha value is -0.330. The Morgan fingerprint density at radius 1 is 1.50 bits per heavy atom. The molecule has 76 valence electrons. The number of hydrogen-bond donors (Lipinski definition) is 0. The van der Waals surface area contributed by atoms with Crippen molar-refractivity contribution in [2.24, 2.45) is 0 Å². The number of aryl methyl sites for hydroxylation is 1. The van der Waals surface area contributed by atoms with Gasteiger partial charge in [0.05, 0.1) is 0 Å². The third-order valence-electron chi connectivity index (χ3n) is 1.91. The number of benzene rings is 1. The summed E-state index contributed by atoms with van der Waals surface area (Å²) in [7, 11) is 2.63. The maximum Gasteiger partial charge on any atom is 0.220 e. The van der Waals surface area contributed by atoms with Gasteiger partial charge in [-0.15, -0.1) is 9.24 Å². The van der Waals surface area contributed by atoms with Crippen molar-refractivity contribution in [3.8, 4) is 0 Å². The number of hydrogen-bond acceptors (Lipinski definition) is 2. The summed E-state index contributed by atoms with van der Waals surface area (Å²) in [6.45, 7) is 4.07. The lowest BCUT2D eigenvalue weighted by atomic mass is 10.1. The molecular weight excluding hydrogens is 211 g/mol. The molecule has 1 rings (SSSR count). The Kier molecular flexibility index (Phi) is 4.64. The highest BCUT2D eigenvalue weighted by Gasteiger charge is 2.11. The van der Waals surface area contributed by atoms with Crippen LogP contribution in [0.25, 0.3) is 0 Å². The van der Waals surface area contributed by atoms with E-state index in [1.165, 1.54) is 11.8 Å². The molecule has 0 amide bonds. The Balaban J connectivity index is 2.88.